The van der Waals surface area contributed by atoms with Gasteiger partial charge in [0.2, 0.25) is 0 Å². The van der Waals surface area contributed by atoms with Crippen molar-refractivity contribution in [1.29, 1.82) is 0 Å². The maximum atomic E-state index is 9.33. The van der Waals surface area contributed by atoms with Gasteiger partial charge in [0.05, 0.1) is 17.8 Å². The lowest BCUT2D eigenvalue weighted by molar-refractivity contribution is 0.279. The summed E-state index contributed by atoms with van der Waals surface area (Å²) >= 11 is 0. The van der Waals surface area contributed by atoms with Crippen molar-refractivity contribution in [2.75, 3.05) is 0 Å². The fourth-order valence-corrected chi connectivity index (χ4v) is 2.09. The van der Waals surface area contributed by atoms with Crippen molar-refractivity contribution in [3.8, 4) is 0 Å². The van der Waals surface area contributed by atoms with Gasteiger partial charge in [-0.05, 0) is 11.5 Å². The third-order valence-corrected chi connectivity index (χ3v) is 2.84. The van der Waals surface area contributed by atoms with Crippen molar-refractivity contribution in [3.63, 3.8) is 0 Å². The van der Waals surface area contributed by atoms with Crippen molar-refractivity contribution in [2.24, 2.45) is 0 Å². The lowest BCUT2D eigenvalue weighted by Gasteiger charge is -2.07. The Balaban J connectivity index is 2.57. The summed E-state index contributed by atoms with van der Waals surface area (Å²) in [4.78, 5) is 4.47. The number of aromatic nitrogens is 1. The third-order valence-electron chi connectivity index (χ3n) is 2.84. The van der Waals surface area contributed by atoms with Crippen molar-refractivity contribution in [2.45, 2.75) is 6.61 Å². The van der Waals surface area contributed by atoms with Crippen LogP contribution in [0.2, 0.25) is 0 Å². The fraction of sp³-hybridized carbons (Fsp3) is 0.0714. The Hall–Kier alpha value is -1.93. The van der Waals surface area contributed by atoms with Crippen LogP contribution in [-0.4, -0.2) is 10.1 Å². The molecular weight excluding hydrogens is 198 g/mol. The molecule has 0 aliphatic rings. The van der Waals surface area contributed by atoms with Gasteiger partial charge >= 0.3 is 0 Å². The summed E-state index contributed by atoms with van der Waals surface area (Å²) < 4.78 is 0. The number of hydrogen-bond acceptors (Lipinski definition) is 2. The molecule has 0 amide bonds. The highest BCUT2D eigenvalue weighted by molar-refractivity contribution is 6.06. The number of aliphatic hydroxyl groups excluding tert-OH is 1. The number of pyridine rings is 1. The van der Waals surface area contributed by atoms with Gasteiger partial charge in [-0.3, -0.25) is 0 Å². The highest BCUT2D eigenvalue weighted by Crippen LogP contribution is 2.25. The van der Waals surface area contributed by atoms with E-state index in [0.29, 0.717) is 0 Å². The van der Waals surface area contributed by atoms with E-state index in [1.54, 1.807) is 0 Å². The molecule has 0 aliphatic heterocycles. The molecule has 1 aromatic heterocycles. The first kappa shape index (κ1) is 9.31. The van der Waals surface area contributed by atoms with E-state index in [4.69, 9.17) is 0 Å². The number of benzene rings is 2. The zero-order chi connectivity index (χ0) is 11.0. The van der Waals surface area contributed by atoms with Crippen molar-refractivity contribution >= 4 is 21.7 Å². The second kappa shape index (κ2) is 3.58. The molecule has 3 rings (SSSR count). The number of nitrogens with zero attached hydrogens (tertiary/aromatic N) is 1. The Morgan fingerprint density at radius 1 is 0.812 bits per heavy atom. The molecule has 1 heterocycles. The first-order chi connectivity index (χ1) is 7.90. The lowest BCUT2D eigenvalue weighted by Crippen LogP contribution is -1.92. The van der Waals surface area contributed by atoms with E-state index in [0.717, 1.165) is 27.4 Å². The molecule has 78 valence electrons. The van der Waals surface area contributed by atoms with Crippen LogP contribution in [0.15, 0.2) is 48.5 Å². The van der Waals surface area contributed by atoms with Gasteiger partial charge in [-0.15, -0.1) is 0 Å². The molecular formula is C14H11NO. The Morgan fingerprint density at radius 3 is 2.19 bits per heavy atom. The van der Waals surface area contributed by atoms with Gasteiger partial charge in [-0.2, -0.15) is 0 Å². The molecule has 3 aromatic rings. The number of aliphatic hydroxyl groups is 1. The highest BCUT2D eigenvalue weighted by Gasteiger charge is 2.05. The summed E-state index contributed by atoms with van der Waals surface area (Å²) in [6.45, 7) is -0.0225. The number of hydrogen-bond donors (Lipinski definition) is 1. The maximum Gasteiger partial charge on any atom is 0.0859 e. The minimum Gasteiger partial charge on any atom is -0.390 e. The number of para-hydroxylation sites is 1. The summed E-state index contributed by atoms with van der Waals surface area (Å²) in [5.41, 5.74) is 1.68. The number of rotatable bonds is 1. The quantitative estimate of drug-likeness (QED) is 0.625. The second-order valence-electron chi connectivity index (χ2n) is 3.78. The van der Waals surface area contributed by atoms with Crippen LogP contribution in [0.25, 0.3) is 21.7 Å². The van der Waals surface area contributed by atoms with Crippen LogP contribution in [0.5, 0.6) is 0 Å². The van der Waals surface area contributed by atoms with Gasteiger partial charge in [0.15, 0.2) is 0 Å². The normalized spacial score (nSPS) is 11.1. The maximum absolute atomic E-state index is 9.33. The summed E-state index contributed by atoms with van der Waals surface area (Å²) in [7, 11) is 0. The predicted octanol–water partition coefficient (Wildman–Crippen LogP) is 2.88. The molecule has 0 unspecified atom stereocenters. The van der Waals surface area contributed by atoms with E-state index >= 15 is 0 Å². The molecule has 0 saturated heterocycles. The average molecular weight is 209 g/mol. The van der Waals surface area contributed by atoms with Crippen molar-refractivity contribution in [3.05, 3.63) is 54.2 Å². The largest absolute Gasteiger partial charge is 0.390 e. The smallest absolute Gasteiger partial charge is 0.0859 e. The van der Waals surface area contributed by atoms with Crippen LogP contribution in [0.1, 0.15) is 5.69 Å². The highest BCUT2D eigenvalue weighted by atomic mass is 16.3. The molecule has 2 aromatic carbocycles. The monoisotopic (exact) mass is 209 g/mol. The molecule has 0 atom stereocenters. The van der Waals surface area contributed by atoms with E-state index in [2.05, 4.69) is 17.1 Å². The van der Waals surface area contributed by atoms with Gasteiger partial charge in [0, 0.05) is 10.8 Å². The Kier molecular flexibility index (Phi) is 2.08. The molecule has 0 aliphatic carbocycles. The molecule has 0 bridgehead atoms. The number of fused-ring (bicyclic) bond motifs is 3. The molecule has 2 heteroatoms. The van der Waals surface area contributed by atoms with Crippen LogP contribution < -0.4 is 0 Å². The van der Waals surface area contributed by atoms with Crippen LogP contribution in [0, 0.1) is 0 Å². The fourth-order valence-electron chi connectivity index (χ4n) is 2.09. The van der Waals surface area contributed by atoms with Crippen LogP contribution in [0.3, 0.4) is 0 Å². The van der Waals surface area contributed by atoms with Crippen LogP contribution in [0.4, 0.5) is 0 Å². The predicted molar refractivity (Wildman–Crippen MR) is 65.2 cm³/mol. The Morgan fingerprint density at radius 2 is 1.44 bits per heavy atom. The van der Waals surface area contributed by atoms with E-state index < -0.39 is 0 Å². The zero-order valence-electron chi connectivity index (χ0n) is 8.72. The van der Waals surface area contributed by atoms with Crippen molar-refractivity contribution in [1.82, 2.24) is 4.98 Å². The first-order valence-corrected chi connectivity index (χ1v) is 5.27. The van der Waals surface area contributed by atoms with E-state index in [-0.39, 0.29) is 6.61 Å². The summed E-state index contributed by atoms with van der Waals surface area (Å²) in [5.74, 6) is 0. The molecule has 16 heavy (non-hydrogen) atoms. The lowest BCUT2D eigenvalue weighted by atomic mass is 10.0. The summed E-state index contributed by atoms with van der Waals surface area (Å²) in [6, 6.07) is 16.1. The molecule has 0 spiro atoms. The molecule has 0 fully saturated rings. The van der Waals surface area contributed by atoms with Gasteiger partial charge in [0.1, 0.15) is 0 Å². The van der Waals surface area contributed by atoms with Crippen LogP contribution >= 0.6 is 0 Å². The van der Waals surface area contributed by atoms with Gasteiger partial charge < -0.3 is 5.11 Å². The van der Waals surface area contributed by atoms with Crippen LogP contribution in [-0.2, 0) is 6.61 Å². The minimum absolute atomic E-state index is 0.0225. The van der Waals surface area contributed by atoms with Gasteiger partial charge in [0.25, 0.3) is 0 Å². The first-order valence-electron chi connectivity index (χ1n) is 5.27. The SMILES string of the molecule is OCc1nc2ccccc2c2ccccc12. The zero-order valence-corrected chi connectivity index (χ0v) is 8.72. The molecule has 2 nitrogen and oxygen atoms in total. The second-order valence-corrected chi connectivity index (χ2v) is 3.78. The Labute approximate surface area is 93.2 Å². The van der Waals surface area contributed by atoms with E-state index in [9.17, 15) is 5.11 Å². The van der Waals surface area contributed by atoms with E-state index in [1.807, 2.05) is 36.4 Å². The summed E-state index contributed by atoms with van der Waals surface area (Å²) in [6.07, 6.45) is 0. The minimum atomic E-state index is -0.0225. The average Bonchev–Trinajstić information content (AvgIpc) is 2.38. The van der Waals surface area contributed by atoms with E-state index in [1.165, 1.54) is 0 Å². The molecule has 0 radical (unpaired) electrons. The molecule has 1 N–H and O–H groups in total. The van der Waals surface area contributed by atoms with Crippen molar-refractivity contribution < 1.29 is 5.11 Å². The van der Waals surface area contributed by atoms with Gasteiger partial charge in [-0.1, -0.05) is 42.5 Å². The Bertz CT molecular complexity index is 661. The van der Waals surface area contributed by atoms with Gasteiger partial charge in [-0.25, -0.2) is 4.98 Å². The molecule has 0 saturated carbocycles. The third kappa shape index (κ3) is 1.27. The standard InChI is InChI=1S/C14H11NO/c16-9-14-12-7-2-1-5-10(12)11-6-3-4-8-13(11)15-14/h1-8,16H,9H2. The summed E-state index contributed by atoms with van der Waals surface area (Å²) in [5, 5.41) is 12.6. The topological polar surface area (TPSA) is 33.1 Å².